The zero-order chi connectivity index (χ0) is 17.3. The van der Waals surface area contributed by atoms with Crippen molar-refractivity contribution >= 4 is 28.3 Å². The van der Waals surface area contributed by atoms with Crippen LogP contribution in [-0.2, 0) is 11.2 Å². The van der Waals surface area contributed by atoms with Crippen molar-refractivity contribution in [3.05, 3.63) is 64.9 Å². The number of rotatable bonds is 4. The van der Waals surface area contributed by atoms with E-state index in [-0.39, 0.29) is 18.1 Å². The van der Waals surface area contributed by atoms with Crippen molar-refractivity contribution in [1.82, 2.24) is 0 Å². The summed E-state index contributed by atoms with van der Waals surface area (Å²) in [4.78, 5) is 23.5. The second kappa shape index (κ2) is 6.32. The first kappa shape index (κ1) is 16.0. The molecule has 0 saturated carbocycles. The highest BCUT2D eigenvalue weighted by Gasteiger charge is 2.13. The number of Topliss-reactive ketones (excluding diaryl/α,β-unsaturated/α-hetero) is 1. The zero-order valence-electron chi connectivity index (χ0n) is 14.0. The maximum absolute atomic E-state index is 12.3. The molecule has 1 amide bonds. The molecule has 0 aliphatic carbocycles. The first-order valence-corrected chi connectivity index (χ1v) is 7.83. The summed E-state index contributed by atoms with van der Waals surface area (Å²) in [6, 6.07) is 10.9. The van der Waals surface area contributed by atoms with Crippen molar-refractivity contribution in [3.8, 4) is 0 Å². The molecule has 0 aliphatic heterocycles. The highest BCUT2D eigenvalue weighted by Crippen LogP contribution is 2.27. The van der Waals surface area contributed by atoms with Crippen molar-refractivity contribution in [1.29, 1.82) is 0 Å². The molecule has 4 heteroatoms. The Kier molecular flexibility index (Phi) is 4.21. The van der Waals surface area contributed by atoms with Gasteiger partial charge in [0.15, 0.2) is 5.78 Å². The molecule has 3 aromatic rings. The number of amides is 1. The van der Waals surface area contributed by atoms with Crippen LogP contribution in [0, 0.1) is 13.8 Å². The van der Waals surface area contributed by atoms with Gasteiger partial charge in [-0.3, -0.25) is 9.59 Å². The lowest BCUT2D eigenvalue weighted by atomic mass is 10.0. The number of benzene rings is 2. The van der Waals surface area contributed by atoms with Gasteiger partial charge in [-0.05, 0) is 56.2 Å². The molecule has 4 nitrogen and oxygen atoms in total. The van der Waals surface area contributed by atoms with Crippen molar-refractivity contribution in [2.75, 3.05) is 5.32 Å². The molecule has 0 fully saturated rings. The standard InChI is InChI=1S/C20H19NO3/c1-12-4-9-18-16(11-24-20(18)13(12)2)10-19(23)21-17-7-5-15(6-8-17)14(3)22/h4-9,11H,10H2,1-3H3,(H,21,23). The quantitative estimate of drug-likeness (QED) is 0.723. The fraction of sp³-hybridized carbons (Fsp3) is 0.200. The van der Waals surface area contributed by atoms with Gasteiger partial charge in [0.05, 0.1) is 12.7 Å². The molecule has 0 atom stereocenters. The second-order valence-corrected chi connectivity index (χ2v) is 6.00. The smallest absolute Gasteiger partial charge is 0.228 e. The molecule has 3 rings (SSSR count). The average molecular weight is 321 g/mol. The molecule has 1 aromatic heterocycles. The Balaban J connectivity index is 1.75. The number of carbonyl (C=O) groups is 2. The summed E-state index contributed by atoms with van der Waals surface area (Å²) >= 11 is 0. The Morgan fingerprint density at radius 2 is 1.75 bits per heavy atom. The van der Waals surface area contributed by atoms with E-state index in [9.17, 15) is 9.59 Å². The molecule has 0 aliphatic rings. The van der Waals surface area contributed by atoms with Crippen molar-refractivity contribution in [2.45, 2.75) is 27.2 Å². The number of anilines is 1. The molecule has 1 N–H and O–H groups in total. The van der Waals surface area contributed by atoms with Gasteiger partial charge in [-0.25, -0.2) is 0 Å². The molecule has 0 spiro atoms. The van der Waals surface area contributed by atoms with E-state index in [1.807, 2.05) is 26.0 Å². The average Bonchev–Trinajstić information content (AvgIpc) is 2.95. The molecular formula is C20H19NO3. The van der Waals surface area contributed by atoms with Gasteiger partial charge in [0.25, 0.3) is 0 Å². The topological polar surface area (TPSA) is 59.3 Å². The maximum atomic E-state index is 12.3. The number of fused-ring (bicyclic) bond motifs is 1. The van der Waals surface area contributed by atoms with Gasteiger partial charge < -0.3 is 9.73 Å². The predicted molar refractivity (Wildman–Crippen MR) is 94.5 cm³/mol. The summed E-state index contributed by atoms with van der Waals surface area (Å²) in [6.45, 7) is 5.57. The SMILES string of the molecule is CC(=O)c1ccc(NC(=O)Cc2coc3c(C)c(C)ccc23)cc1. The van der Waals surface area contributed by atoms with Crippen LogP contribution in [0.1, 0.15) is 34.0 Å². The maximum Gasteiger partial charge on any atom is 0.228 e. The van der Waals surface area contributed by atoms with Gasteiger partial charge in [-0.15, -0.1) is 0 Å². The summed E-state index contributed by atoms with van der Waals surface area (Å²) in [5, 5.41) is 3.82. The van der Waals surface area contributed by atoms with Crippen LogP contribution in [0.25, 0.3) is 11.0 Å². The van der Waals surface area contributed by atoms with E-state index >= 15 is 0 Å². The monoisotopic (exact) mass is 321 g/mol. The van der Waals surface area contributed by atoms with E-state index in [0.29, 0.717) is 11.3 Å². The van der Waals surface area contributed by atoms with Crippen LogP contribution in [0.3, 0.4) is 0 Å². The Morgan fingerprint density at radius 1 is 1.04 bits per heavy atom. The molecule has 0 unspecified atom stereocenters. The predicted octanol–water partition coefficient (Wildman–Crippen LogP) is 4.43. The van der Waals surface area contributed by atoms with Gasteiger partial charge in [-0.2, -0.15) is 0 Å². The van der Waals surface area contributed by atoms with Crippen molar-refractivity contribution < 1.29 is 14.0 Å². The minimum Gasteiger partial charge on any atom is -0.464 e. The first-order chi connectivity index (χ1) is 11.5. The van der Waals surface area contributed by atoms with Gasteiger partial charge in [-0.1, -0.05) is 12.1 Å². The van der Waals surface area contributed by atoms with E-state index in [1.165, 1.54) is 12.5 Å². The molecular weight excluding hydrogens is 302 g/mol. The van der Waals surface area contributed by atoms with Crippen LogP contribution < -0.4 is 5.32 Å². The number of ketones is 1. The van der Waals surface area contributed by atoms with Crippen LogP contribution in [-0.4, -0.2) is 11.7 Å². The third-order valence-corrected chi connectivity index (χ3v) is 4.27. The third kappa shape index (κ3) is 3.08. The highest BCUT2D eigenvalue weighted by molar-refractivity contribution is 5.97. The van der Waals surface area contributed by atoms with Gasteiger partial charge in [0.1, 0.15) is 5.58 Å². The summed E-state index contributed by atoms with van der Waals surface area (Å²) in [7, 11) is 0. The molecule has 24 heavy (non-hydrogen) atoms. The van der Waals surface area contributed by atoms with E-state index in [1.54, 1.807) is 30.5 Å². The van der Waals surface area contributed by atoms with E-state index < -0.39 is 0 Å². The first-order valence-electron chi connectivity index (χ1n) is 7.83. The Labute approximate surface area is 140 Å². The second-order valence-electron chi connectivity index (χ2n) is 6.00. The summed E-state index contributed by atoms with van der Waals surface area (Å²) < 4.78 is 5.64. The van der Waals surface area contributed by atoms with E-state index in [2.05, 4.69) is 5.32 Å². The van der Waals surface area contributed by atoms with Gasteiger partial charge in [0, 0.05) is 22.2 Å². The number of carbonyl (C=O) groups excluding carboxylic acids is 2. The van der Waals surface area contributed by atoms with Crippen LogP contribution in [0.2, 0.25) is 0 Å². The Bertz CT molecular complexity index is 920. The third-order valence-electron chi connectivity index (χ3n) is 4.27. The lowest BCUT2D eigenvalue weighted by molar-refractivity contribution is -0.115. The lowest BCUT2D eigenvalue weighted by Gasteiger charge is -2.05. The largest absolute Gasteiger partial charge is 0.464 e. The fourth-order valence-electron chi connectivity index (χ4n) is 2.69. The van der Waals surface area contributed by atoms with Crippen LogP contribution in [0.15, 0.2) is 47.1 Å². The highest BCUT2D eigenvalue weighted by atomic mass is 16.3. The molecule has 0 bridgehead atoms. The zero-order valence-corrected chi connectivity index (χ0v) is 14.0. The Morgan fingerprint density at radius 3 is 2.42 bits per heavy atom. The van der Waals surface area contributed by atoms with Gasteiger partial charge >= 0.3 is 0 Å². The van der Waals surface area contributed by atoms with E-state index in [0.717, 1.165) is 22.1 Å². The van der Waals surface area contributed by atoms with Crippen molar-refractivity contribution in [3.63, 3.8) is 0 Å². The van der Waals surface area contributed by atoms with Crippen LogP contribution in [0.5, 0.6) is 0 Å². The summed E-state index contributed by atoms with van der Waals surface area (Å²) in [6.07, 6.45) is 1.89. The minimum atomic E-state index is -0.119. The van der Waals surface area contributed by atoms with Gasteiger partial charge in [0.2, 0.25) is 5.91 Å². The number of nitrogens with one attached hydrogen (secondary N) is 1. The molecule has 1 heterocycles. The molecule has 0 radical (unpaired) electrons. The normalized spacial score (nSPS) is 10.8. The van der Waals surface area contributed by atoms with Crippen LogP contribution in [0.4, 0.5) is 5.69 Å². The van der Waals surface area contributed by atoms with Crippen LogP contribution >= 0.6 is 0 Å². The summed E-state index contributed by atoms with van der Waals surface area (Å²) in [5.41, 5.74) is 5.26. The molecule has 0 saturated heterocycles. The minimum absolute atomic E-state index is 0.00315. The summed E-state index contributed by atoms with van der Waals surface area (Å²) in [5.74, 6) is -0.116. The molecule has 2 aromatic carbocycles. The fourth-order valence-corrected chi connectivity index (χ4v) is 2.69. The number of hydrogen-bond donors (Lipinski definition) is 1. The number of hydrogen-bond acceptors (Lipinski definition) is 3. The lowest BCUT2D eigenvalue weighted by Crippen LogP contribution is -2.14. The number of furan rings is 1. The van der Waals surface area contributed by atoms with E-state index in [4.69, 9.17) is 4.42 Å². The molecule has 122 valence electrons. The number of aryl methyl sites for hydroxylation is 2. The van der Waals surface area contributed by atoms with Crippen molar-refractivity contribution in [2.24, 2.45) is 0 Å². The Hall–Kier alpha value is -2.88.